The van der Waals surface area contributed by atoms with Crippen molar-refractivity contribution in [1.29, 1.82) is 0 Å². The zero-order valence-electron chi connectivity index (χ0n) is 9.66. The number of rotatable bonds is 3. The lowest BCUT2D eigenvalue weighted by Crippen LogP contribution is -2.14. The summed E-state index contributed by atoms with van der Waals surface area (Å²) in [6.07, 6.45) is 3.60. The number of nitrogens with one attached hydrogen (secondary N) is 2. The van der Waals surface area contributed by atoms with Gasteiger partial charge >= 0.3 is 5.69 Å². The third kappa shape index (κ3) is 1.73. The van der Waals surface area contributed by atoms with Gasteiger partial charge in [0.1, 0.15) is 11.6 Å². The van der Waals surface area contributed by atoms with Crippen LogP contribution in [-0.4, -0.2) is 29.4 Å². The number of anilines is 1. The van der Waals surface area contributed by atoms with Crippen molar-refractivity contribution in [1.82, 2.24) is 29.4 Å². The number of hydrogen-bond acceptors (Lipinski definition) is 5. The Kier molecular flexibility index (Phi) is 2.33. The van der Waals surface area contributed by atoms with Gasteiger partial charge in [-0.15, -0.1) is 5.10 Å². The molecule has 0 aliphatic carbocycles. The van der Waals surface area contributed by atoms with Gasteiger partial charge in [0.05, 0.1) is 6.54 Å². The van der Waals surface area contributed by atoms with Crippen LogP contribution in [0.3, 0.4) is 0 Å². The van der Waals surface area contributed by atoms with Gasteiger partial charge in [0.15, 0.2) is 5.65 Å². The molecule has 3 aromatic rings. The first-order valence-electron chi connectivity index (χ1n) is 5.38. The van der Waals surface area contributed by atoms with Crippen molar-refractivity contribution in [2.45, 2.75) is 6.54 Å². The summed E-state index contributed by atoms with van der Waals surface area (Å²) in [5.74, 6) is 1.48. The molecule has 3 rings (SSSR count). The highest BCUT2D eigenvalue weighted by molar-refractivity contribution is 5.42. The van der Waals surface area contributed by atoms with Crippen molar-refractivity contribution < 1.29 is 0 Å². The van der Waals surface area contributed by atoms with E-state index in [0.717, 1.165) is 5.82 Å². The van der Waals surface area contributed by atoms with Crippen LogP contribution in [0.15, 0.2) is 29.3 Å². The quantitative estimate of drug-likeness (QED) is 0.664. The van der Waals surface area contributed by atoms with E-state index in [1.807, 2.05) is 17.8 Å². The molecule has 2 N–H and O–H groups in total. The number of imidazole rings is 1. The van der Waals surface area contributed by atoms with Crippen LogP contribution >= 0.6 is 0 Å². The summed E-state index contributed by atoms with van der Waals surface area (Å²) < 4.78 is 3.12. The van der Waals surface area contributed by atoms with Crippen molar-refractivity contribution in [3.8, 4) is 0 Å². The number of nitrogens with zero attached hydrogens (tertiary/aromatic N) is 5. The van der Waals surface area contributed by atoms with Crippen LogP contribution in [-0.2, 0) is 13.6 Å². The maximum atomic E-state index is 11.4. The third-order valence-corrected chi connectivity index (χ3v) is 2.62. The Bertz CT molecular complexity index is 738. The van der Waals surface area contributed by atoms with Gasteiger partial charge in [0.25, 0.3) is 0 Å². The van der Waals surface area contributed by atoms with E-state index in [-0.39, 0.29) is 5.69 Å². The average molecular weight is 245 g/mol. The SMILES string of the molecule is Cn1ccnc1CNc1ccc2n[nH]c(=O)n2n1. The Morgan fingerprint density at radius 1 is 1.44 bits per heavy atom. The van der Waals surface area contributed by atoms with Gasteiger partial charge in [-0.05, 0) is 12.1 Å². The Balaban J connectivity index is 1.84. The molecular weight excluding hydrogens is 234 g/mol. The molecule has 0 atom stereocenters. The molecule has 92 valence electrons. The lowest BCUT2D eigenvalue weighted by atomic mass is 10.5. The molecule has 0 amide bonds. The second-order valence-electron chi connectivity index (χ2n) is 3.83. The minimum absolute atomic E-state index is 0.356. The maximum Gasteiger partial charge on any atom is 0.364 e. The Morgan fingerprint density at radius 2 is 2.33 bits per heavy atom. The molecule has 0 saturated carbocycles. The van der Waals surface area contributed by atoms with Gasteiger partial charge in [-0.25, -0.2) is 14.9 Å². The molecule has 0 aliphatic rings. The third-order valence-electron chi connectivity index (χ3n) is 2.62. The minimum atomic E-state index is -0.356. The summed E-state index contributed by atoms with van der Waals surface area (Å²) in [7, 11) is 1.92. The molecule has 0 aromatic carbocycles. The van der Waals surface area contributed by atoms with E-state index in [9.17, 15) is 4.79 Å². The maximum absolute atomic E-state index is 11.4. The largest absolute Gasteiger partial charge is 0.364 e. The number of H-pyrrole nitrogens is 1. The van der Waals surface area contributed by atoms with Crippen molar-refractivity contribution in [3.63, 3.8) is 0 Å². The molecule has 0 fully saturated rings. The Hall–Kier alpha value is -2.64. The highest BCUT2D eigenvalue weighted by atomic mass is 16.2. The molecule has 3 heterocycles. The standard InChI is InChI=1S/C10H11N7O/c1-16-5-4-11-9(16)6-12-7-2-3-8-13-14-10(18)17(8)15-7/h2-5H,6H2,1H3,(H,12,15)(H,14,18). The summed E-state index contributed by atoms with van der Waals surface area (Å²) in [6, 6.07) is 3.48. The predicted octanol–water partition coefficient (Wildman–Crippen LogP) is -0.237. The Labute approximate surface area is 101 Å². The molecule has 0 unspecified atom stereocenters. The van der Waals surface area contributed by atoms with E-state index >= 15 is 0 Å². The van der Waals surface area contributed by atoms with Crippen LogP contribution in [0.1, 0.15) is 5.82 Å². The second kappa shape index (κ2) is 3.99. The number of hydrogen-bond donors (Lipinski definition) is 2. The molecule has 0 aliphatic heterocycles. The van der Waals surface area contributed by atoms with Crippen molar-refractivity contribution in [2.75, 3.05) is 5.32 Å². The molecule has 3 aromatic heterocycles. The van der Waals surface area contributed by atoms with Crippen LogP contribution in [0.5, 0.6) is 0 Å². The van der Waals surface area contributed by atoms with Gasteiger partial charge in [-0.1, -0.05) is 0 Å². The minimum Gasteiger partial charge on any atom is -0.361 e. The molecule has 0 saturated heterocycles. The normalized spacial score (nSPS) is 10.9. The number of aromatic amines is 1. The molecule has 0 radical (unpaired) electrons. The van der Waals surface area contributed by atoms with E-state index < -0.39 is 0 Å². The highest BCUT2D eigenvalue weighted by Gasteiger charge is 2.03. The van der Waals surface area contributed by atoms with Crippen LogP contribution in [0.2, 0.25) is 0 Å². The van der Waals surface area contributed by atoms with Gasteiger partial charge in [-0.2, -0.15) is 9.61 Å². The zero-order chi connectivity index (χ0) is 12.5. The van der Waals surface area contributed by atoms with E-state index in [2.05, 4.69) is 25.6 Å². The van der Waals surface area contributed by atoms with Crippen LogP contribution in [0, 0.1) is 0 Å². The summed E-state index contributed by atoms with van der Waals surface area (Å²) in [4.78, 5) is 15.5. The van der Waals surface area contributed by atoms with E-state index in [1.165, 1.54) is 4.52 Å². The molecule has 8 heteroatoms. The van der Waals surface area contributed by atoms with Crippen molar-refractivity contribution >= 4 is 11.5 Å². The molecule has 0 bridgehead atoms. The molecule has 8 nitrogen and oxygen atoms in total. The van der Waals surface area contributed by atoms with Crippen LogP contribution < -0.4 is 11.0 Å². The predicted molar refractivity (Wildman–Crippen MR) is 64.1 cm³/mol. The summed E-state index contributed by atoms with van der Waals surface area (Å²) in [5.41, 5.74) is 0.133. The fourth-order valence-electron chi connectivity index (χ4n) is 1.63. The molecular formula is C10H11N7O. The van der Waals surface area contributed by atoms with E-state index in [1.54, 1.807) is 18.3 Å². The first-order chi connectivity index (χ1) is 8.74. The summed E-state index contributed by atoms with van der Waals surface area (Å²) in [5, 5.41) is 13.4. The first kappa shape index (κ1) is 10.5. The van der Waals surface area contributed by atoms with E-state index in [4.69, 9.17) is 0 Å². The number of aromatic nitrogens is 6. The zero-order valence-corrected chi connectivity index (χ0v) is 9.66. The van der Waals surface area contributed by atoms with Gasteiger partial charge < -0.3 is 9.88 Å². The number of aryl methyl sites for hydroxylation is 1. The first-order valence-corrected chi connectivity index (χ1v) is 5.38. The molecule has 0 spiro atoms. The van der Waals surface area contributed by atoms with E-state index in [0.29, 0.717) is 18.0 Å². The average Bonchev–Trinajstić information content (AvgIpc) is 2.94. The Morgan fingerprint density at radius 3 is 3.11 bits per heavy atom. The molecule has 18 heavy (non-hydrogen) atoms. The topological polar surface area (TPSA) is 92.9 Å². The number of fused-ring (bicyclic) bond motifs is 1. The summed E-state index contributed by atoms with van der Waals surface area (Å²) >= 11 is 0. The second-order valence-corrected chi connectivity index (χ2v) is 3.83. The lowest BCUT2D eigenvalue weighted by molar-refractivity contribution is 0.803. The van der Waals surface area contributed by atoms with Crippen molar-refractivity contribution in [3.05, 3.63) is 40.8 Å². The van der Waals surface area contributed by atoms with Gasteiger partial charge in [0.2, 0.25) is 0 Å². The summed E-state index contributed by atoms with van der Waals surface area (Å²) in [6.45, 7) is 0.536. The fourth-order valence-corrected chi connectivity index (χ4v) is 1.63. The smallest absolute Gasteiger partial charge is 0.361 e. The van der Waals surface area contributed by atoms with Crippen LogP contribution in [0.25, 0.3) is 5.65 Å². The van der Waals surface area contributed by atoms with Crippen molar-refractivity contribution in [2.24, 2.45) is 7.05 Å². The van der Waals surface area contributed by atoms with Gasteiger partial charge in [-0.3, -0.25) is 0 Å². The van der Waals surface area contributed by atoms with Gasteiger partial charge in [0, 0.05) is 19.4 Å². The monoisotopic (exact) mass is 245 g/mol. The van der Waals surface area contributed by atoms with Crippen LogP contribution in [0.4, 0.5) is 5.82 Å². The lowest BCUT2D eigenvalue weighted by Gasteiger charge is -2.05. The fraction of sp³-hybridized carbons (Fsp3) is 0.200. The highest BCUT2D eigenvalue weighted by Crippen LogP contribution is 2.04.